The Morgan fingerprint density at radius 3 is 2.53 bits per heavy atom. The minimum atomic E-state index is -0.110. The molecule has 1 aromatic carbocycles. The van der Waals surface area contributed by atoms with Gasteiger partial charge in [0.25, 0.3) is 0 Å². The Bertz CT molecular complexity index is 547. The van der Waals surface area contributed by atoms with Gasteiger partial charge in [-0.05, 0) is 30.4 Å². The zero-order valence-electron chi connectivity index (χ0n) is 11.3. The summed E-state index contributed by atoms with van der Waals surface area (Å²) >= 11 is 0. The summed E-state index contributed by atoms with van der Waals surface area (Å²) in [6.07, 6.45) is 6.19. The Kier molecular flexibility index (Phi) is 3.15. The van der Waals surface area contributed by atoms with E-state index < -0.39 is 0 Å². The van der Waals surface area contributed by atoms with E-state index in [4.69, 9.17) is 0 Å². The molecule has 2 N–H and O–H groups in total. The average molecular weight is 256 g/mol. The Balaban J connectivity index is 1.88. The van der Waals surface area contributed by atoms with Gasteiger partial charge in [-0.3, -0.25) is 0 Å². The Morgan fingerprint density at radius 2 is 2.00 bits per heavy atom. The van der Waals surface area contributed by atoms with Crippen LogP contribution in [0, 0.1) is 0 Å². The second-order valence-corrected chi connectivity index (χ2v) is 5.49. The van der Waals surface area contributed by atoms with Crippen LogP contribution < -0.4 is 0 Å². The Hall–Kier alpha value is -1.61. The van der Waals surface area contributed by atoms with Crippen molar-refractivity contribution >= 4 is 0 Å². The van der Waals surface area contributed by atoms with E-state index in [1.165, 1.54) is 12.0 Å². The first-order valence-electron chi connectivity index (χ1n) is 7.03. The molecule has 1 heterocycles. The fourth-order valence-electron chi connectivity index (χ4n) is 2.73. The smallest absolute Gasteiger partial charge is 0.115 e. The fourth-order valence-corrected chi connectivity index (χ4v) is 2.73. The molecule has 1 aliphatic carbocycles. The normalized spacial score (nSPS) is 17.2. The minimum Gasteiger partial charge on any atom is -0.395 e. The van der Waals surface area contributed by atoms with Gasteiger partial charge in [-0.1, -0.05) is 37.6 Å². The molecule has 1 aliphatic rings. The van der Waals surface area contributed by atoms with Gasteiger partial charge < -0.3 is 10.1 Å². The molecule has 0 amide bonds. The van der Waals surface area contributed by atoms with Crippen LogP contribution >= 0.6 is 0 Å². The number of aliphatic hydroxyl groups excluding tert-OH is 1. The van der Waals surface area contributed by atoms with Crippen molar-refractivity contribution in [2.75, 3.05) is 6.61 Å². The molecule has 3 heteroatoms. The number of rotatable bonds is 4. The molecule has 1 saturated carbocycles. The predicted octanol–water partition coefficient (Wildman–Crippen LogP) is 3.05. The highest BCUT2D eigenvalue weighted by molar-refractivity contribution is 5.59. The highest BCUT2D eigenvalue weighted by Crippen LogP contribution is 2.42. The summed E-state index contributed by atoms with van der Waals surface area (Å²) in [5, 5.41) is 9.58. The van der Waals surface area contributed by atoms with Crippen LogP contribution in [-0.4, -0.2) is 21.7 Å². The summed E-state index contributed by atoms with van der Waals surface area (Å²) in [6, 6.07) is 8.56. The first-order valence-corrected chi connectivity index (χ1v) is 7.03. The van der Waals surface area contributed by atoms with Gasteiger partial charge in [0.05, 0.1) is 23.9 Å². The summed E-state index contributed by atoms with van der Waals surface area (Å²) in [7, 11) is 0. The van der Waals surface area contributed by atoms with Crippen LogP contribution in [0.1, 0.15) is 37.6 Å². The van der Waals surface area contributed by atoms with Crippen LogP contribution in [0.4, 0.5) is 0 Å². The second-order valence-electron chi connectivity index (χ2n) is 5.49. The molecular weight excluding hydrogens is 236 g/mol. The molecule has 0 bridgehead atoms. The first-order chi connectivity index (χ1) is 9.27. The van der Waals surface area contributed by atoms with Crippen molar-refractivity contribution in [1.29, 1.82) is 0 Å². The number of nitrogens with zero attached hydrogens (tertiary/aromatic N) is 1. The fraction of sp³-hybridized carbons (Fsp3) is 0.438. The molecule has 3 nitrogen and oxygen atoms in total. The summed E-state index contributed by atoms with van der Waals surface area (Å²) in [5.41, 5.74) is 3.43. The second kappa shape index (κ2) is 4.82. The van der Waals surface area contributed by atoms with Gasteiger partial charge >= 0.3 is 0 Å². The third-order valence-electron chi connectivity index (χ3n) is 4.36. The number of aliphatic hydroxyl groups is 1. The number of aromatic nitrogens is 2. The van der Waals surface area contributed by atoms with Gasteiger partial charge in [0.2, 0.25) is 0 Å². The topological polar surface area (TPSA) is 48.9 Å². The van der Waals surface area contributed by atoms with Crippen molar-refractivity contribution in [2.45, 2.75) is 38.0 Å². The quantitative estimate of drug-likeness (QED) is 0.883. The number of aromatic amines is 1. The van der Waals surface area contributed by atoms with E-state index in [0.717, 1.165) is 36.3 Å². The maximum Gasteiger partial charge on any atom is 0.115 e. The molecule has 3 rings (SSSR count). The van der Waals surface area contributed by atoms with E-state index in [1.807, 2.05) is 6.20 Å². The van der Waals surface area contributed by atoms with Gasteiger partial charge in [-0.2, -0.15) is 0 Å². The molecule has 2 aromatic rings. The number of hydrogen-bond donors (Lipinski definition) is 2. The van der Waals surface area contributed by atoms with Crippen molar-refractivity contribution in [2.24, 2.45) is 0 Å². The Morgan fingerprint density at radius 1 is 1.26 bits per heavy atom. The van der Waals surface area contributed by atoms with Crippen LogP contribution in [0.15, 0.2) is 30.5 Å². The molecule has 1 fully saturated rings. The lowest BCUT2D eigenvalue weighted by Crippen LogP contribution is -2.39. The number of imidazole rings is 1. The molecule has 0 unspecified atom stereocenters. The number of hydrogen-bond acceptors (Lipinski definition) is 2. The van der Waals surface area contributed by atoms with Gasteiger partial charge in [0.1, 0.15) is 5.82 Å². The Labute approximate surface area is 113 Å². The standard InChI is InChI=1S/C16H20N2O/c1-2-12-4-6-13(7-5-12)14-10-17-15(18-14)16(11-19)8-3-9-16/h4-7,10,19H,2-3,8-9,11H2,1H3,(H,17,18). The molecule has 100 valence electrons. The third-order valence-corrected chi connectivity index (χ3v) is 4.36. The molecule has 0 aliphatic heterocycles. The van der Waals surface area contributed by atoms with E-state index in [9.17, 15) is 5.11 Å². The van der Waals surface area contributed by atoms with Crippen molar-refractivity contribution in [3.8, 4) is 11.3 Å². The van der Waals surface area contributed by atoms with Gasteiger partial charge in [0, 0.05) is 0 Å². The summed E-state index contributed by atoms with van der Waals surface area (Å²) in [6.45, 7) is 2.35. The van der Waals surface area contributed by atoms with Crippen molar-refractivity contribution < 1.29 is 5.11 Å². The maximum atomic E-state index is 9.58. The monoisotopic (exact) mass is 256 g/mol. The summed E-state index contributed by atoms with van der Waals surface area (Å²) in [4.78, 5) is 7.87. The van der Waals surface area contributed by atoms with E-state index in [1.54, 1.807) is 0 Å². The number of nitrogens with one attached hydrogen (secondary N) is 1. The van der Waals surface area contributed by atoms with E-state index in [0.29, 0.717) is 0 Å². The highest BCUT2D eigenvalue weighted by atomic mass is 16.3. The molecule has 0 spiro atoms. The van der Waals surface area contributed by atoms with Crippen molar-refractivity contribution in [3.63, 3.8) is 0 Å². The average Bonchev–Trinajstić information content (AvgIpc) is 2.88. The van der Waals surface area contributed by atoms with Crippen LogP contribution in [0.2, 0.25) is 0 Å². The number of benzene rings is 1. The highest BCUT2D eigenvalue weighted by Gasteiger charge is 2.40. The van der Waals surface area contributed by atoms with E-state index in [-0.39, 0.29) is 12.0 Å². The largest absolute Gasteiger partial charge is 0.395 e. The zero-order valence-corrected chi connectivity index (χ0v) is 11.3. The zero-order chi connectivity index (χ0) is 13.3. The lowest BCUT2D eigenvalue weighted by molar-refractivity contribution is 0.113. The maximum absolute atomic E-state index is 9.58. The number of aryl methyl sites for hydroxylation is 1. The third kappa shape index (κ3) is 2.08. The summed E-state index contributed by atoms with van der Waals surface area (Å²) in [5.74, 6) is 0.941. The molecular formula is C16H20N2O. The minimum absolute atomic E-state index is 0.110. The van der Waals surface area contributed by atoms with Gasteiger partial charge in [-0.15, -0.1) is 0 Å². The molecule has 1 aromatic heterocycles. The first kappa shape index (κ1) is 12.4. The lowest BCUT2D eigenvalue weighted by Gasteiger charge is -2.38. The van der Waals surface area contributed by atoms with Crippen LogP contribution in [0.3, 0.4) is 0 Å². The predicted molar refractivity (Wildman–Crippen MR) is 76.0 cm³/mol. The van der Waals surface area contributed by atoms with Crippen LogP contribution in [0.25, 0.3) is 11.3 Å². The summed E-state index contributed by atoms with van der Waals surface area (Å²) < 4.78 is 0. The number of H-pyrrole nitrogens is 1. The molecule has 0 radical (unpaired) electrons. The molecule has 19 heavy (non-hydrogen) atoms. The van der Waals surface area contributed by atoms with Gasteiger partial charge in [-0.25, -0.2) is 4.98 Å². The van der Waals surface area contributed by atoms with Crippen molar-refractivity contribution in [1.82, 2.24) is 9.97 Å². The SMILES string of the molecule is CCc1ccc(-c2cnc(C3(CO)CCC3)[nH]2)cc1. The van der Waals surface area contributed by atoms with Gasteiger partial charge in [0.15, 0.2) is 0 Å². The molecule has 0 saturated heterocycles. The van der Waals surface area contributed by atoms with Crippen molar-refractivity contribution in [3.05, 3.63) is 41.9 Å². The molecule has 0 atom stereocenters. The van der Waals surface area contributed by atoms with Crippen LogP contribution in [-0.2, 0) is 11.8 Å². The lowest BCUT2D eigenvalue weighted by atomic mass is 9.69. The van der Waals surface area contributed by atoms with E-state index in [2.05, 4.69) is 41.2 Å². The van der Waals surface area contributed by atoms with E-state index >= 15 is 0 Å². The van der Waals surface area contributed by atoms with Crippen LogP contribution in [0.5, 0.6) is 0 Å².